The third-order valence-electron chi connectivity index (χ3n) is 4.15. The molecule has 0 aromatic carbocycles. The van der Waals surface area contributed by atoms with Crippen LogP contribution in [0.15, 0.2) is 23.3 Å². The third kappa shape index (κ3) is 3.24. The highest BCUT2D eigenvalue weighted by atomic mass is 16.5. The summed E-state index contributed by atoms with van der Waals surface area (Å²) in [6.07, 6.45) is 11.1. The molecule has 1 aliphatic carbocycles. The highest BCUT2D eigenvalue weighted by Gasteiger charge is 2.29. The molecule has 0 saturated carbocycles. The molecule has 0 amide bonds. The predicted octanol–water partition coefficient (Wildman–Crippen LogP) is 3.58. The molecule has 1 heterocycles. The molecular formula is C16H27NO. The Kier molecular flexibility index (Phi) is 4.29. The Bertz CT molecular complexity index is 349. The molecular weight excluding hydrogens is 222 g/mol. The standard InChI is InChI=1S/C16H27NO/c1-16(2,3)13-6-4-12(5-7-13)15-9-8-14(18-15)10-11-17/h4,6,14-15H,5,7-11,17H2,1-3H3. The Morgan fingerprint density at radius 2 is 2.00 bits per heavy atom. The van der Waals surface area contributed by atoms with Crippen LogP contribution < -0.4 is 5.73 Å². The molecule has 0 aromatic heterocycles. The first kappa shape index (κ1) is 13.8. The van der Waals surface area contributed by atoms with Gasteiger partial charge in [-0.1, -0.05) is 38.5 Å². The molecule has 102 valence electrons. The van der Waals surface area contributed by atoms with Crippen LogP contribution in [0.4, 0.5) is 0 Å². The number of allylic oxidation sites excluding steroid dienone is 3. The normalized spacial score (nSPS) is 29.1. The summed E-state index contributed by atoms with van der Waals surface area (Å²) < 4.78 is 6.08. The zero-order valence-corrected chi connectivity index (χ0v) is 12.0. The second-order valence-corrected chi connectivity index (χ2v) is 6.58. The molecule has 2 atom stereocenters. The second kappa shape index (κ2) is 5.58. The molecule has 0 spiro atoms. The Labute approximate surface area is 111 Å². The Morgan fingerprint density at radius 3 is 2.56 bits per heavy atom. The van der Waals surface area contributed by atoms with Gasteiger partial charge >= 0.3 is 0 Å². The zero-order valence-electron chi connectivity index (χ0n) is 12.0. The van der Waals surface area contributed by atoms with Crippen LogP contribution in [0.5, 0.6) is 0 Å². The maximum absolute atomic E-state index is 6.08. The fraction of sp³-hybridized carbons (Fsp3) is 0.750. The number of hydrogen-bond donors (Lipinski definition) is 1. The van der Waals surface area contributed by atoms with E-state index in [2.05, 4.69) is 32.9 Å². The summed E-state index contributed by atoms with van der Waals surface area (Å²) in [6, 6.07) is 0. The van der Waals surface area contributed by atoms with Gasteiger partial charge in [-0.05, 0) is 49.6 Å². The summed E-state index contributed by atoms with van der Waals surface area (Å²) >= 11 is 0. The summed E-state index contributed by atoms with van der Waals surface area (Å²) in [6.45, 7) is 7.62. The lowest BCUT2D eigenvalue weighted by atomic mass is 9.79. The minimum Gasteiger partial charge on any atom is -0.371 e. The first-order valence-corrected chi connectivity index (χ1v) is 7.26. The topological polar surface area (TPSA) is 35.2 Å². The van der Waals surface area contributed by atoms with Crippen molar-refractivity contribution in [3.63, 3.8) is 0 Å². The van der Waals surface area contributed by atoms with E-state index in [-0.39, 0.29) is 0 Å². The van der Waals surface area contributed by atoms with Gasteiger partial charge in [0.1, 0.15) is 0 Å². The molecule has 0 radical (unpaired) electrons. The first-order chi connectivity index (χ1) is 8.50. The van der Waals surface area contributed by atoms with Gasteiger partial charge in [0.25, 0.3) is 0 Å². The van der Waals surface area contributed by atoms with E-state index in [1.807, 2.05) is 0 Å². The van der Waals surface area contributed by atoms with E-state index in [4.69, 9.17) is 10.5 Å². The van der Waals surface area contributed by atoms with Crippen molar-refractivity contribution in [3.8, 4) is 0 Å². The van der Waals surface area contributed by atoms with Gasteiger partial charge in [0.2, 0.25) is 0 Å². The molecule has 0 bridgehead atoms. The Morgan fingerprint density at radius 1 is 1.22 bits per heavy atom. The summed E-state index contributed by atoms with van der Waals surface area (Å²) in [5.41, 5.74) is 8.95. The summed E-state index contributed by atoms with van der Waals surface area (Å²) in [5, 5.41) is 0. The lowest BCUT2D eigenvalue weighted by Crippen LogP contribution is -2.18. The second-order valence-electron chi connectivity index (χ2n) is 6.58. The van der Waals surface area contributed by atoms with Crippen LogP contribution in [0.3, 0.4) is 0 Å². The number of ether oxygens (including phenoxy) is 1. The monoisotopic (exact) mass is 249 g/mol. The van der Waals surface area contributed by atoms with E-state index in [1.165, 1.54) is 31.3 Å². The van der Waals surface area contributed by atoms with Gasteiger partial charge in [-0.3, -0.25) is 0 Å². The number of hydrogen-bond acceptors (Lipinski definition) is 2. The molecule has 2 rings (SSSR count). The average molecular weight is 249 g/mol. The summed E-state index contributed by atoms with van der Waals surface area (Å²) in [5.74, 6) is 0. The predicted molar refractivity (Wildman–Crippen MR) is 76.4 cm³/mol. The molecule has 2 heteroatoms. The van der Waals surface area contributed by atoms with Crippen LogP contribution >= 0.6 is 0 Å². The highest BCUT2D eigenvalue weighted by Crippen LogP contribution is 2.36. The average Bonchev–Trinajstić information content (AvgIpc) is 2.77. The van der Waals surface area contributed by atoms with Gasteiger partial charge in [-0.15, -0.1) is 0 Å². The van der Waals surface area contributed by atoms with E-state index >= 15 is 0 Å². The van der Waals surface area contributed by atoms with Gasteiger partial charge < -0.3 is 10.5 Å². The van der Waals surface area contributed by atoms with Gasteiger partial charge in [-0.2, -0.15) is 0 Å². The lowest BCUT2D eigenvalue weighted by Gasteiger charge is -2.27. The van der Waals surface area contributed by atoms with Crippen molar-refractivity contribution >= 4 is 0 Å². The molecule has 2 nitrogen and oxygen atoms in total. The number of rotatable bonds is 3. The van der Waals surface area contributed by atoms with Gasteiger partial charge in [-0.25, -0.2) is 0 Å². The minimum atomic E-state index is 0.306. The van der Waals surface area contributed by atoms with Crippen molar-refractivity contribution in [3.05, 3.63) is 23.3 Å². The minimum absolute atomic E-state index is 0.306. The van der Waals surface area contributed by atoms with Crippen LogP contribution in [0.1, 0.15) is 52.9 Å². The van der Waals surface area contributed by atoms with Crippen molar-refractivity contribution < 1.29 is 4.74 Å². The third-order valence-corrected chi connectivity index (χ3v) is 4.15. The smallest absolute Gasteiger partial charge is 0.0792 e. The molecule has 2 unspecified atom stereocenters. The van der Waals surface area contributed by atoms with Crippen molar-refractivity contribution in [2.75, 3.05) is 6.54 Å². The van der Waals surface area contributed by atoms with Gasteiger partial charge in [0.15, 0.2) is 0 Å². The van der Waals surface area contributed by atoms with E-state index in [9.17, 15) is 0 Å². The Hall–Kier alpha value is -0.600. The van der Waals surface area contributed by atoms with Crippen LogP contribution in [-0.2, 0) is 4.74 Å². The lowest BCUT2D eigenvalue weighted by molar-refractivity contribution is 0.0594. The summed E-state index contributed by atoms with van der Waals surface area (Å²) in [7, 11) is 0. The summed E-state index contributed by atoms with van der Waals surface area (Å²) in [4.78, 5) is 0. The zero-order chi connectivity index (χ0) is 13.2. The molecule has 18 heavy (non-hydrogen) atoms. The Balaban J connectivity index is 1.96. The van der Waals surface area contributed by atoms with E-state index in [0.29, 0.717) is 17.6 Å². The maximum Gasteiger partial charge on any atom is 0.0792 e. The maximum atomic E-state index is 6.08. The fourth-order valence-electron chi connectivity index (χ4n) is 2.92. The van der Waals surface area contributed by atoms with Crippen LogP contribution in [-0.4, -0.2) is 18.8 Å². The van der Waals surface area contributed by atoms with Crippen molar-refractivity contribution in [1.29, 1.82) is 0 Å². The van der Waals surface area contributed by atoms with Crippen molar-refractivity contribution in [2.45, 2.75) is 65.1 Å². The quantitative estimate of drug-likeness (QED) is 0.830. The van der Waals surface area contributed by atoms with E-state index in [0.717, 1.165) is 13.0 Å². The van der Waals surface area contributed by atoms with E-state index in [1.54, 1.807) is 5.57 Å². The molecule has 2 N–H and O–H groups in total. The van der Waals surface area contributed by atoms with Gasteiger partial charge in [0, 0.05) is 0 Å². The molecule has 0 aromatic rings. The molecule has 1 fully saturated rings. The van der Waals surface area contributed by atoms with Crippen LogP contribution in [0.2, 0.25) is 0 Å². The van der Waals surface area contributed by atoms with Crippen LogP contribution in [0.25, 0.3) is 0 Å². The fourth-order valence-corrected chi connectivity index (χ4v) is 2.92. The highest BCUT2D eigenvalue weighted by molar-refractivity contribution is 5.29. The SMILES string of the molecule is CC(C)(C)C1=CC=C(C2CCC(CCN)O2)CC1. The first-order valence-electron chi connectivity index (χ1n) is 7.26. The van der Waals surface area contributed by atoms with E-state index < -0.39 is 0 Å². The molecule has 2 aliphatic rings. The van der Waals surface area contributed by atoms with Crippen LogP contribution in [0, 0.1) is 5.41 Å². The van der Waals surface area contributed by atoms with Crippen molar-refractivity contribution in [1.82, 2.24) is 0 Å². The molecule has 1 aliphatic heterocycles. The number of nitrogens with two attached hydrogens (primary N) is 1. The van der Waals surface area contributed by atoms with Gasteiger partial charge in [0.05, 0.1) is 12.2 Å². The van der Waals surface area contributed by atoms with Crippen molar-refractivity contribution in [2.24, 2.45) is 11.1 Å². The largest absolute Gasteiger partial charge is 0.371 e. The molecule has 1 saturated heterocycles.